The summed E-state index contributed by atoms with van der Waals surface area (Å²) < 4.78 is 5.71. The van der Waals surface area contributed by atoms with Crippen LogP contribution in [0.4, 0.5) is 0 Å². The molecule has 1 heterocycles. The van der Waals surface area contributed by atoms with Gasteiger partial charge in [-0.15, -0.1) is 0 Å². The molecule has 0 aliphatic carbocycles. The summed E-state index contributed by atoms with van der Waals surface area (Å²) in [5.41, 5.74) is 0. The Morgan fingerprint density at radius 2 is 1.93 bits per heavy atom. The Kier molecular flexibility index (Phi) is 3.16. The van der Waals surface area contributed by atoms with E-state index in [-0.39, 0.29) is 6.10 Å². The van der Waals surface area contributed by atoms with E-state index < -0.39 is 0 Å². The molecular weight excluding hydrogens is 221 g/mol. The molecule has 2 rings (SSSR count). The van der Waals surface area contributed by atoms with Crippen LogP contribution >= 0.6 is 23.2 Å². The van der Waals surface area contributed by atoms with Crippen LogP contribution in [-0.2, 0) is 0 Å². The van der Waals surface area contributed by atoms with Crippen molar-refractivity contribution in [2.24, 2.45) is 0 Å². The summed E-state index contributed by atoms with van der Waals surface area (Å²) in [6.45, 7) is 1.91. The fraction of sp³-hybridized carbons (Fsp3) is 0.400. The first-order valence-electron chi connectivity index (χ1n) is 4.57. The van der Waals surface area contributed by atoms with Gasteiger partial charge in [0.05, 0.1) is 0 Å². The van der Waals surface area contributed by atoms with Gasteiger partial charge in [0.15, 0.2) is 0 Å². The highest BCUT2D eigenvalue weighted by atomic mass is 35.5. The highest BCUT2D eigenvalue weighted by Gasteiger charge is 2.16. The van der Waals surface area contributed by atoms with Gasteiger partial charge in [-0.25, -0.2) is 0 Å². The van der Waals surface area contributed by atoms with Gasteiger partial charge in [0.2, 0.25) is 0 Å². The van der Waals surface area contributed by atoms with Crippen LogP contribution in [0.5, 0.6) is 5.75 Å². The first-order valence-corrected chi connectivity index (χ1v) is 5.33. The van der Waals surface area contributed by atoms with Gasteiger partial charge >= 0.3 is 0 Å². The molecule has 76 valence electrons. The van der Waals surface area contributed by atoms with Crippen LogP contribution < -0.4 is 10.1 Å². The molecule has 1 fully saturated rings. The van der Waals surface area contributed by atoms with Crippen molar-refractivity contribution < 1.29 is 4.74 Å². The van der Waals surface area contributed by atoms with E-state index in [9.17, 15) is 0 Å². The summed E-state index contributed by atoms with van der Waals surface area (Å²) in [6.07, 6.45) is 1.27. The summed E-state index contributed by atoms with van der Waals surface area (Å²) in [5.74, 6) is 0.746. The van der Waals surface area contributed by atoms with Gasteiger partial charge < -0.3 is 10.1 Å². The van der Waals surface area contributed by atoms with E-state index in [1.165, 1.54) is 0 Å². The van der Waals surface area contributed by atoms with Crippen LogP contribution in [-0.4, -0.2) is 19.2 Å². The third-order valence-electron chi connectivity index (χ3n) is 2.15. The standard InChI is InChI=1S/C10H11Cl2NO/c11-7-3-8(12)5-10(4-7)14-9-1-2-13-6-9/h3-5,9,13H,1-2,6H2/t9-/m0/s1. The smallest absolute Gasteiger partial charge is 0.122 e. The lowest BCUT2D eigenvalue weighted by atomic mass is 10.3. The van der Waals surface area contributed by atoms with Crippen LogP contribution in [0.2, 0.25) is 10.0 Å². The molecule has 0 radical (unpaired) electrons. The van der Waals surface area contributed by atoms with Crippen molar-refractivity contribution >= 4 is 23.2 Å². The lowest BCUT2D eigenvalue weighted by Gasteiger charge is -2.12. The Morgan fingerprint density at radius 3 is 2.50 bits per heavy atom. The molecule has 2 nitrogen and oxygen atoms in total. The zero-order chi connectivity index (χ0) is 9.97. The lowest BCUT2D eigenvalue weighted by Crippen LogP contribution is -2.19. The molecule has 0 aromatic heterocycles. The Balaban J connectivity index is 2.07. The molecule has 1 atom stereocenters. The van der Waals surface area contributed by atoms with Crippen LogP contribution in [0.15, 0.2) is 18.2 Å². The largest absolute Gasteiger partial charge is 0.489 e. The highest BCUT2D eigenvalue weighted by Crippen LogP contribution is 2.25. The van der Waals surface area contributed by atoms with E-state index in [4.69, 9.17) is 27.9 Å². The maximum Gasteiger partial charge on any atom is 0.122 e. The van der Waals surface area contributed by atoms with E-state index in [2.05, 4.69) is 5.32 Å². The van der Waals surface area contributed by atoms with Crippen molar-refractivity contribution in [1.82, 2.24) is 5.32 Å². The zero-order valence-electron chi connectivity index (χ0n) is 7.59. The van der Waals surface area contributed by atoms with Gasteiger partial charge in [-0.1, -0.05) is 23.2 Å². The van der Waals surface area contributed by atoms with Gasteiger partial charge in [-0.2, -0.15) is 0 Å². The first kappa shape index (κ1) is 10.1. The average Bonchev–Trinajstić information content (AvgIpc) is 2.54. The molecule has 1 N–H and O–H groups in total. The van der Waals surface area contributed by atoms with Crippen LogP contribution in [0.25, 0.3) is 0 Å². The number of halogens is 2. The Bertz CT molecular complexity index is 304. The molecule has 0 saturated carbocycles. The molecule has 1 aromatic rings. The first-order chi connectivity index (χ1) is 6.74. The monoisotopic (exact) mass is 231 g/mol. The lowest BCUT2D eigenvalue weighted by molar-refractivity contribution is 0.223. The van der Waals surface area contributed by atoms with Crippen LogP contribution in [0.1, 0.15) is 6.42 Å². The Morgan fingerprint density at radius 1 is 1.21 bits per heavy atom. The van der Waals surface area contributed by atoms with Gasteiger partial charge in [-0.05, 0) is 31.2 Å². The summed E-state index contributed by atoms with van der Waals surface area (Å²) in [6, 6.07) is 5.26. The quantitative estimate of drug-likeness (QED) is 0.846. The van der Waals surface area contributed by atoms with E-state index in [1.54, 1.807) is 18.2 Å². The van der Waals surface area contributed by atoms with E-state index in [1.807, 2.05) is 0 Å². The highest BCUT2D eigenvalue weighted by molar-refractivity contribution is 6.34. The van der Waals surface area contributed by atoms with Crippen molar-refractivity contribution in [3.8, 4) is 5.75 Å². The summed E-state index contributed by atoms with van der Waals surface area (Å²) in [4.78, 5) is 0. The third kappa shape index (κ3) is 2.53. The molecule has 1 aliphatic rings. The van der Waals surface area contributed by atoms with Gasteiger partial charge in [0.25, 0.3) is 0 Å². The van der Waals surface area contributed by atoms with Crippen molar-refractivity contribution in [1.29, 1.82) is 0 Å². The minimum absolute atomic E-state index is 0.240. The number of rotatable bonds is 2. The molecule has 0 spiro atoms. The second-order valence-electron chi connectivity index (χ2n) is 3.34. The Labute approximate surface area is 93.2 Å². The number of benzene rings is 1. The van der Waals surface area contributed by atoms with Crippen molar-refractivity contribution in [2.45, 2.75) is 12.5 Å². The average molecular weight is 232 g/mol. The number of hydrogen-bond donors (Lipinski definition) is 1. The fourth-order valence-corrected chi connectivity index (χ4v) is 2.02. The zero-order valence-corrected chi connectivity index (χ0v) is 9.11. The predicted molar refractivity (Wildman–Crippen MR) is 58.4 cm³/mol. The number of ether oxygens (including phenoxy) is 1. The fourth-order valence-electron chi connectivity index (χ4n) is 1.52. The second kappa shape index (κ2) is 4.39. The van der Waals surface area contributed by atoms with E-state index in [0.717, 1.165) is 25.3 Å². The van der Waals surface area contributed by atoms with Gasteiger partial charge in [0, 0.05) is 16.6 Å². The SMILES string of the molecule is Clc1cc(Cl)cc(O[C@H]2CCNC2)c1. The molecule has 1 aliphatic heterocycles. The number of hydrogen-bond acceptors (Lipinski definition) is 2. The normalized spacial score (nSPS) is 21.1. The molecule has 0 amide bonds. The molecule has 1 saturated heterocycles. The second-order valence-corrected chi connectivity index (χ2v) is 4.21. The topological polar surface area (TPSA) is 21.3 Å². The maximum absolute atomic E-state index is 5.86. The molecule has 0 unspecified atom stereocenters. The van der Waals surface area contributed by atoms with Crippen molar-refractivity contribution in [3.63, 3.8) is 0 Å². The molecule has 14 heavy (non-hydrogen) atoms. The van der Waals surface area contributed by atoms with Crippen molar-refractivity contribution in [2.75, 3.05) is 13.1 Å². The molecule has 4 heteroatoms. The van der Waals surface area contributed by atoms with Crippen molar-refractivity contribution in [3.05, 3.63) is 28.2 Å². The minimum Gasteiger partial charge on any atom is -0.489 e. The van der Waals surface area contributed by atoms with E-state index in [0.29, 0.717) is 10.0 Å². The summed E-state index contributed by atoms with van der Waals surface area (Å²) >= 11 is 11.7. The van der Waals surface area contributed by atoms with Crippen LogP contribution in [0.3, 0.4) is 0 Å². The minimum atomic E-state index is 0.240. The summed E-state index contributed by atoms with van der Waals surface area (Å²) in [5, 5.41) is 4.45. The Hall–Kier alpha value is -0.440. The summed E-state index contributed by atoms with van der Waals surface area (Å²) in [7, 11) is 0. The molecule has 0 bridgehead atoms. The van der Waals surface area contributed by atoms with Gasteiger partial charge in [-0.3, -0.25) is 0 Å². The number of nitrogens with one attached hydrogen (secondary N) is 1. The predicted octanol–water partition coefficient (Wildman–Crippen LogP) is 2.73. The third-order valence-corrected chi connectivity index (χ3v) is 2.59. The van der Waals surface area contributed by atoms with Gasteiger partial charge in [0.1, 0.15) is 11.9 Å². The molecule has 1 aromatic carbocycles. The molecular formula is C10H11Cl2NO. The van der Waals surface area contributed by atoms with Crippen LogP contribution in [0, 0.1) is 0 Å². The maximum atomic E-state index is 5.86. The van der Waals surface area contributed by atoms with E-state index >= 15 is 0 Å².